The third-order valence-corrected chi connectivity index (χ3v) is 6.22. The van der Waals surface area contributed by atoms with Crippen molar-refractivity contribution in [3.05, 3.63) is 77.2 Å². The molecule has 1 atom stereocenters. The van der Waals surface area contributed by atoms with E-state index in [0.717, 1.165) is 22.4 Å². The van der Waals surface area contributed by atoms with Gasteiger partial charge in [0.15, 0.2) is 5.17 Å². The van der Waals surface area contributed by atoms with Crippen LogP contribution in [0, 0.1) is 6.92 Å². The molecule has 0 aliphatic carbocycles. The zero-order valence-electron chi connectivity index (χ0n) is 18.0. The summed E-state index contributed by atoms with van der Waals surface area (Å²) in [7, 11) is 3.14. The first-order valence-electron chi connectivity index (χ1n) is 9.86. The van der Waals surface area contributed by atoms with Crippen LogP contribution in [-0.2, 0) is 5.54 Å². The highest BCUT2D eigenvalue weighted by Crippen LogP contribution is 2.43. The molecule has 32 heavy (non-hydrogen) atoms. The Morgan fingerprint density at radius 3 is 2.53 bits per heavy atom. The number of aliphatic imine (C=N–C) groups is 1. The van der Waals surface area contributed by atoms with Gasteiger partial charge in [0.25, 0.3) is 5.91 Å². The molecule has 3 aromatic rings. The lowest BCUT2D eigenvalue weighted by Crippen LogP contribution is -2.26. The maximum absolute atomic E-state index is 12.6. The molecule has 1 aliphatic rings. The van der Waals surface area contributed by atoms with Crippen molar-refractivity contribution in [2.24, 2.45) is 10.7 Å². The van der Waals surface area contributed by atoms with Gasteiger partial charge in [0.2, 0.25) is 5.88 Å². The van der Waals surface area contributed by atoms with E-state index in [1.165, 1.54) is 31.3 Å². The van der Waals surface area contributed by atoms with Crippen molar-refractivity contribution >= 4 is 28.5 Å². The molecule has 0 fully saturated rings. The molecule has 1 aliphatic heterocycles. The molecule has 0 saturated carbocycles. The minimum atomic E-state index is -0.660. The Hall–Kier alpha value is -3.59. The molecule has 164 valence electrons. The van der Waals surface area contributed by atoms with Gasteiger partial charge in [0, 0.05) is 11.4 Å². The molecule has 2 aromatic carbocycles. The van der Waals surface area contributed by atoms with Crippen LogP contribution in [-0.4, -0.2) is 41.0 Å². The van der Waals surface area contributed by atoms with E-state index in [2.05, 4.69) is 21.4 Å². The van der Waals surface area contributed by atoms with Crippen LogP contribution in [0.4, 0.5) is 5.69 Å². The minimum Gasteiger partial charge on any atom is -0.496 e. The van der Waals surface area contributed by atoms with Gasteiger partial charge in [0.1, 0.15) is 17.0 Å². The van der Waals surface area contributed by atoms with Crippen LogP contribution in [0.5, 0.6) is 11.6 Å². The third kappa shape index (κ3) is 4.11. The van der Waals surface area contributed by atoms with E-state index in [1.54, 1.807) is 7.11 Å². The topological polar surface area (TPSA) is 112 Å². The summed E-state index contributed by atoms with van der Waals surface area (Å²) in [5.41, 5.74) is 9.19. The number of benzene rings is 2. The molecule has 3 N–H and O–H groups in total. The number of ether oxygens (including phenoxy) is 2. The summed E-state index contributed by atoms with van der Waals surface area (Å²) in [4.78, 5) is 25.6. The molecular weight excluding hydrogens is 426 g/mol. The number of anilines is 1. The lowest BCUT2D eigenvalue weighted by Gasteiger charge is -2.28. The quantitative estimate of drug-likeness (QED) is 0.593. The van der Waals surface area contributed by atoms with E-state index >= 15 is 0 Å². The number of carbonyl (C=O) groups excluding carboxylic acids is 1. The van der Waals surface area contributed by atoms with Crippen molar-refractivity contribution in [2.45, 2.75) is 12.5 Å². The van der Waals surface area contributed by atoms with E-state index in [9.17, 15) is 4.79 Å². The fraction of sp³-hybridized carbons (Fsp3) is 0.217. The Bertz CT molecular complexity index is 1180. The predicted molar refractivity (Wildman–Crippen MR) is 126 cm³/mol. The normalized spacial score (nSPS) is 17.5. The SMILES string of the molecule is COc1cnc(C(=O)Nc2cccc(C3(c4ccc(OC)c(C)c4)CSC(N)=N3)c2)cn1. The zero-order chi connectivity index (χ0) is 22.7. The second kappa shape index (κ2) is 8.88. The number of aryl methyl sites for hydroxylation is 1. The first kappa shape index (κ1) is 21.6. The predicted octanol–water partition coefficient (Wildman–Crippen LogP) is 3.36. The standard InChI is InChI=1S/C23H23N5O3S/c1-14-9-16(7-8-19(14)30-2)23(13-32-22(24)28-23)15-5-4-6-17(10-15)27-21(29)18-11-26-20(31-3)12-25-18/h4-12H,13H2,1-3H3,(H2,24,28)(H,27,29). The maximum Gasteiger partial charge on any atom is 0.275 e. The number of thioether (sulfide) groups is 1. The van der Waals surface area contributed by atoms with Gasteiger partial charge in [-0.1, -0.05) is 30.0 Å². The van der Waals surface area contributed by atoms with Crippen LogP contribution in [0.25, 0.3) is 0 Å². The van der Waals surface area contributed by atoms with Crippen LogP contribution in [0.3, 0.4) is 0 Å². The molecule has 8 nitrogen and oxygen atoms in total. The largest absolute Gasteiger partial charge is 0.496 e. The first-order chi connectivity index (χ1) is 15.4. The van der Waals surface area contributed by atoms with Crippen molar-refractivity contribution < 1.29 is 14.3 Å². The van der Waals surface area contributed by atoms with Crippen LogP contribution >= 0.6 is 11.8 Å². The summed E-state index contributed by atoms with van der Waals surface area (Å²) in [6.07, 6.45) is 2.78. The van der Waals surface area contributed by atoms with Gasteiger partial charge in [-0.2, -0.15) is 0 Å². The average molecular weight is 450 g/mol. The number of rotatable bonds is 6. The van der Waals surface area contributed by atoms with E-state index < -0.39 is 5.54 Å². The van der Waals surface area contributed by atoms with Crippen LogP contribution in [0.2, 0.25) is 0 Å². The van der Waals surface area contributed by atoms with E-state index in [1.807, 2.05) is 43.3 Å². The molecule has 1 unspecified atom stereocenters. The monoisotopic (exact) mass is 449 g/mol. The molecule has 0 saturated heterocycles. The van der Waals surface area contributed by atoms with Gasteiger partial charge in [0.05, 0.1) is 26.6 Å². The van der Waals surface area contributed by atoms with Gasteiger partial charge in [-0.05, 0) is 47.9 Å². The third-order valence-electron chi connectivity index (χ3n) is 5.27. The van der Waals surface area contributed by atoms with Crippen molar-refractivity contribution in [1.29, 1.82) is 0 Å². The van der Waals surface area contributed by atoms with E-state index in [4.69, 9.17) is 20.2 Å². The van der Waals surface area contributed by atoms with E-state index in [-0.39, 0.29) is 11.6 Å². The Labute approximate surface area is 190 Å². The second-order valence-electron chi connectivity index (χ2n) is 7.26. The lowest BCUT2D eigenvalue weighted by molar-refractivity contribution is 0.102. The fourth-order valence-electron chi connectivity index (χ4n) is 3.62. The summed E-state index contributed by atoms with van der Waals surface area (Å²) in [6, 6.07) is 13.6. The molecule has 0 spiro atoms. The Balaban J connectivity index is 1.67. The molecule has 2 heterocycles. The zero-order valence-corrected chi connectivity index (χ0v) is 18.8. The number of hydrogen-bond donors (Lipinski definition) is 2. The Morgan fingerprint density at radius 1 is 1.09 bits per heavy atom. The van der Waals surface area contributed by atoms with Crippen molar-refractivity contribution in [1.82, 2.24) is 9.97 Å². The molecule has 1 amide bonds. The molecule has 0 radical (unpaired) electrons. The summed E-state index contributed by atoms with van der Waals surface area (Å²) in [6.45, 7) is 2.00. The van der Waals surface area contributed by atoms with Gasteiger partial charge >= 0.3 is 0 Å². The number of carbonyl (C=O) groups is 1. The summed E-state index contributed by atoms with van der Waals surface area (Å²) in [5, 5.41) is 3.41. The minimum absolute atomic E-state index is 0.190. The van der Waals surface area contributed by atoms with Gasteiger partial charge in [-0.3, -0.25) is 4.79 Å². The maximum atomic E-state index is 12.6. The van der Waals surface area contributed by atoms with Gasteiger partial charge in [-0.25, -0.2) is 15.0 Å². The number of nitrogens with two attached hydrogens (primary N) is 1. The van der Waals surface area contributed by atoms with Gasteiger partial charge in [-0.15, -0.1) is 0 Å². The Kier molecular flexibility index (Phi) is 6.00. The molecule has 1 aromatic heterocycles. The summed E-state index contributed by atoms with van der Waals surface area (Å²) in [5.74, 6) is 1.45. The molecule has 9 heteroatoms. The number of nitrogens with one attached hydrogen (secondary N) is 1. The van der Waals surface area contributed by atoms with Crippen molar-refractivity contribution in [2.75, 3.05) is 25.3 Å². The van der Waals surface area contributed by atoms with Crippen LogP contribution < -0.4 is 20.5 Å². The molecule has 0 bridgehead atoms. The number of hydrogen-bond acceptors (Lipinski definition) is 8. The number of amides is 1. The van der Waals surface area contributed by atoms with Crippen LogP contribution in [0.1, 0.15) is 27.2 Å². The highest BCUT2D eigenvalue weighted by molar-refractivity contribution is 8.14. The summed E-state index contributed by atoms with van der Waals surface area (Å²) >= 11 is 1.51. The highest BCUT2D eigenvalue weighted by atomic mass is 32.2. The second-order valence-corrected chi connectivity index (χ2v) is 8.26. The smallest absolute Gasteiger partial charge is 0.275 e. The number of nitrogens with zero attached hydrogens (tertiary/aromatic N) is 3. The van der Waals surface area contributed by atoms with Gasteiger partial charge < -0.3 is 20.5 Å². The van der Waals surface area contributed by atoms with E-state index in [0.29, 0.717) is 22.5 Å². The number of aromatic nitrogens is 2. The van der Waals surface area contributed by atoms with Crippen LogP contribution in [0.15, 0.2) is 59.9 Å². The number of amidine groups is 1. The van der Waals surface area contributed by atoms with Crippen molar-refractivity contribution in [3.8, 4) is 11.6 Å². The first-order valence-corrected chi connectivity index (χ1v) is 10.8. The average Bonchev–Trinajstić information content (AvgIpc) is 3.22. The number of methoxy groups -OCH3 is 2. The summed E-state index contributed by atoms with van der Waals surface area (Å²) < 4.78 is 10.4. The molecule has 4 rings (SSSR count). The molecular formula is C23H23N5O3S. The lowest BCUT2D eigenvalue weighted by atomic mass is 9.84. The fourth-order valence-corrected chi connectivity index (χ4v) is 4.59. The highest BCUT2D eigenvalue weighted by Gasteiger charge is 2.39. The Morgan fingerprint density at radius 2 is 1.91 bits per heavy atom. The van der Waals surface area contributed by atoms with Crippen molar-refractivity contribution in [3.63, 3.8) is 0 Å².